The number of alkyl halides is 3. The summed E-state index contributed by atoms with van der Waals surface area (Å²) in [5, 5.41) is 3.12. The molecule has 9 heteroatoms. The molecule has 5 nitrogen and oxygen atoms in total. The van der Waals surface area contributed by atoms with Crippen molar-refractivity contribution in [2.75, 3.05) is 19.0 Å². The van der Waals surface area contributed by atoms with E-state index in [1.807, 2.05) is 0 Å². The van der Waals surface area contributed by atoms with Gasteiger partial charge in [0.05, 0.1) is 24.8 Å². The van der Waals surface area contributed by atoms with Crippen LogP contribution in [0, 0.1) is 5.82 Å². The van der Waals surface area contributed by atoms with E-state index in [-0.39, 0.29) is 29.3 Å². The van der Waals surface area contributed by atoms with Crippen LogP contribution in [0.1, 0.15) is 23.0 Å². The van der Waals surface area contributed by atoms with Crippen LogP contribution < -0.4 is 10.1 Å². The molecule has 0 atom stereocenters. The molecule has 0 amide bonds. The van der Waals surface area contributed by atoms with Crippen molar-refractivity contribution in [2.45, 2.75) is 13.1 Å². The largest absolute Gasteiger partial charge is 0.497 e. The van der Waals surface area contributed by atoms with Gasteiger partial charge in [0.15, 0.2) is 0 Å². The van der Waals surface area contributed by atoms with Crippen LogP contribution in [0.4, 0.5) is 28.9 Å². The maximum Gasteiger partial charge on any atom is 0.416 e. The van der Waals surface area contributed by atoms with Crippen LogP contribution in [0.25, 0.3) is 10.9 Å². The maximum absolute atomic E-state index is 14.1. The first kappa shape index (κ1) is 19.5. The van der Waals surface area contributed by atoms with Crippen LogP contribution in [-0.4, -0.2) is 24.7 Å². The lowest BCUT2D eigenvalue weighted by molar-refractivity contribution is -0.137. The third-order valence-corrected chi connectivity index (χ3v) is 3.99. The number of H-pyrrole nitrogens is 1. The van der Waals surface area contributed by atoms with Crippen molar-refractivity contribution in [2.24, 2.45) is 0 Å². The van der Waals surface area contributed by atoms with Gasteiger partial charge in [-0.1, -0.05) is 0 Å². The normalized spacial score (nSPS) is 11.5. The average Bonchev–Trinajstić information content (AvgIpc) is 3.10. The Balaban J connectivity index is 2.05. The Labute approximate surface area is 157 Å². The lowest BCUT2D eigenvalue weighted by atomic mass is 10.1. The fourth-order valence-electron chi connectivity index (χ4n) is 2.72. The van der Waals surface area contributed by atoms with Gasteiger partial charge in [-0.2, -0.15) is 13.2 Å². The molecule has 0 saturated heterocycles. The number of carbonyl (C=O) groups is 1. The Morgan fingerprint density at radius 2 is 1.93 bits per heavy atom. The summed E-state index contributed by atoms with van der Waals surface area (Å²) >= 11 is 0. The Hall–Kier alpha value is -3.23. The number of hydrogen-bond donors (Lipinski definition) is 2. The monoisotopic (exact) mass is 396 g/mol. The van der Waals surface area contributed by atoms with Gasteiger partial charge in [0.1, 0.15) is 17.3 Å². The topological polar surface area (TPSA) is 63.4 Å². The molecule has 148 valence electrons. The number of aromatic amines is 1. The van der Waals surface area contributed by atoms with Crippen molar-refractivity contribution >= 4 is 28.2 Å². The zero-order valence-corrected chi connectivity index (χ0v) is 14.9. The molecule has 3 aromatic rings. The van der Waals surface area contributed by atoms with E-state index in [0.717, 1.165) is 18.2 Å². The Kier molecular flexibility index (Phi) is 5.17. The summed E-state index contributed by atoms with van der Waals surface area (Å²) in [7, 11) is 1.26. The van der Waals surface area contributed by atoms with Gasteiger partial charge in [0.2, 0.25) is 0 Å². The minimum Gasteiger partial charge on any atom is -0.497 e. The number of anilines is 2. The summed E-state index contributed by atoms with van der Waals surface area (Å²) in [4.78, 5) is 14.5. The van der Waals surface area contributed by atoms with Gasteiger partial charge < -0.3 is 19.8 Å². The summed E-state index contributed by atoms with van der Waals surface area (Å²) in [6.07, 6.45) is -4.56. The summed E-state index contributed by atoms with van der Waals surface area (Å²) in [5.74, 6) is -1.26. The molecule has 0 aliphatic rings. The van der Waals surface area contributed by atoms with Gasteiger partial charge in [0, 0.05) is 22.8 Å². The Morgan fingerprint density at radius 1 is 1.18 bits per heavy atom. The van der Waals surface area contributed by atoms with Crippen LogP contribution in [0.15, 0.2) is 36.4 Å². The highest BCUT2D eigenvalue weighted by Gasteiger charge is 2.31. The van der Waals surface area contributed by atoms with Crippen molar-refractivity contribution < 1.29 is 31.8 Å². The van der Waals surface area contributed by atoms with E-state index in [0.29, 0.717) is 11.1 Å². The molecule has 2 aromatic carbocycles. The van der Waals surface area contributed by atoms with Crippen LogP contribution in [0.3, 0.4) is 0 Å². The third kappa shape index (κ3) is 3.88. The first-order valence-electron chi connectivity index (χ1n) is 8.24. The first-order chi connectivity index (χ1) is 13.2. The fraction of sp³-hybridized carbons (Fsp3) is 0.211. The second-order valence-electron chi connectivity index (χ2n) is 5.86. The minimum atomic E-state index is -4.56. The summed E-state index contributed by atoms with van der Waals surface area (Å²) in [5.41, 5.74) is -0.421. The number of methoxy groups -OCH3 is 1. The van der Waals surface area contributed by atoms with E-state index < -0.39 is 23.5 Å². The fourth-order valence-corrected chi connectivity index (χ4v) is 2.72. The van der Waals surface area contributed by atoms with E-state index in [1.165, 1.54) is 25.3 Å². The highest BCUT2D eigenvalue weighted by atomic mass is 19.4. The highest BCUT2D eigenvalue weighted by molar-refractivity contribution is 6.01. The smallest absolute Gasteiger partial charge is 0.416 e. The predicted octanol–water partition coefficient (Wildman–Crippen LogP) is 5.25. The van der Waals surface area contributed by atoms with E-state index in [4.69, 9.17) is 9.47 Å². The van der Waals surface area contributed by atoms with Crippen molar-refractivity contribution in [1.29, 1.82) is 0 Å². The predicted molar refractivity (Wildman–Crippen MR) is 95.5 cm³/mol. The van der Waals surface area contributed by atoms with Crippen LogP contribution in [-0.2, 0) is 10.9 Å². The number of carbonyl (C=O) groups excluding carboxylic acids is 1. The molecular formula is C19H16F4N2O3. The summed E-state index contributed by atoms with van der Waals surface area (Å²) in [6.45, 7) is 1.78. The average molecular weight is 396 g/mol. The second-order valence-corrected chi connectivity index (χ2v) is 5.86. The zero-order valence-electron chi connectivity index (χ0n) is 14.9. The van der Waals surface area contributed by atoms with Crippen molar-refractivity contribution in [3.05, 3.63) is 53.5 Å². The van der Waals surface area contributed by atoms with E-state index in [9.17, 15) is 22.4 Å². The molecule has 1 aromatic heterocycles. The van der Waals surface area contributed by atoms with E-state index in [1.54, 1.807) is 6.92 Å². The SMILES string of the molecule is CCOC(=O)c1cc2c(Nc3cc(OC)cc(C(F)(F)F)c3)ccc(F)c2[nH]1. The molecule has 0 radical (unpaired) electrons. The lowest BCUT2D eigenvalue weighted by Crippen LogP contribution is -2.06. The number of halogens is 4. The van der Waals surface area contributed by atoms with E-state index in [2.05, 4.69) is 10.3 Å². The standard InChI is InChI=1S/C19H16F4N2O3/c1-3-28-18(26)16-9-13-15(5-4-14(20)17(13)25-16)24-11-6-10(19(21,22)23)7-12(8-11)27-2/h4-9,24-25H,3H2,1-2H3. The van der Waals surface area contributed by atoms with Crippen LogP contribution in [0.5, 0.6) is 5.75 Å². The first-order valence-corrected chi connectivity index (χ1v) is 8.24. The van der Waals surface area contributed by atoms with Gasteiger partial charge in [-0.25, -0.2) is 9.18 Å². The Bertz CT molecular complexity index is 1030. The molecule has 0 saturated carbocycles. The molecule has 2 N–H and O–H groups in total. The number of nitrogens with one attached hydrogen (secondary N) is 2. The number of ether oxygens (including phenoxy) is 2. The maximum atomic E-state index is 14.1. The molecule has 0 bridgehead atoms. The van der Waals surface area contributed by atoms with Crippen LogP contribution in [0.2, 0.25) is 0 Å². The van der Waals surface area contributed by atoms with Crippen molar-refractivity contribution in [1.82, 2.24) is 4.98 Å². The number of aromatic nitrogens is 1. The molecule has 0 fully saturated rings. The number of esters is 1. The quantitative estimate of drug-likeness (QED) is 0.457. The molecular weight excluding hydrogens is 380 g/mol. The van der Waals surface area contributed by atoms with Crippen molar-refractivity contribution in [3.8, 4) is 5.75 Å². The molecule has 1 heterocycles. The number of fused-ring (bicyclic) bond motifs is 1. The molecule has 3 rings (SSSR count). The highest BCUT2D eigenvalue weighted by Crippen LogP contribution is 2.36. The lowest BCUT2D eigenvalue weighted by Gasteiger charge is -2.14. The molecule has 0 aliphatic heterocycles. The number of rotatable bonds is 5. The third-order valence-electron chi connectivity index (χ3n) is 3.99. The minimum absolute atomic E-state index is 0.0111. The Morgan fingerprint density at radius 3 is 2.57 bits per heavy atom. The summed E-state index contributed by atoms with van der Waals surface area (Å²) < 4.78 is 63.3. The zero-order chi connectivity index (χ0) is 20.5. The van der Waals surface area contributed by atoms with Gasteiger partial charge in [-0.05, 0) is 37.3 Å². The van der Waals surface area contributed by atoms with E-state index >= 15 is 0 Å². The molecule has 28 heavy (non-hydrogen) atoms. The van der Waals surface area contributed by atoms with Crippen LogP contribution >= 0.6 is 0 Å². The van der Waals surface area contributed by atoms with Gasteiger partial charge in [-0.15, -0.1) is 0 Å². The summed E-state index contributed by atoms with van der Waals surface area (Å²) in [6, 6.07) is 7.05. The van der Waals surface area contributed by atoms with Gasteiger partial charge in [-0.3, -0.25) is 0 Å². The number of benzene rings is 2. The molecule has 0 spiro atoms. The van der Waals surface area contributed by atoms with Gasteiger partial charge in [0.25, 0.3) is 0 Å². The second kappa shape index (κ2) is 7.41. The molecule has 0 aliphatic carbocycles. The molecule has 0 unspecified atom stereocenters. The van der Waals surface area contributed by atoms with Gasteiger partial charge >= 0.3 is 12.1 Å². The number of hydrogen-bond acceptors (Lipinski definition) is 4. The van der Waals surface area contributed by atoms with Crippen molar-refractivity contribution in [3.63, 3.8) is 0 Å².